The van der Waals surface area contributed by atoms with Crippen molar-refractivity contribution in [3.63, 3.8) is 0 Å². The van der Waals surface area contributed by atoms with Crippen LogP contribution in [0.1, 0.15) is 60.0 Å². The molecular formula is C20H27N5O2. The molecule has 0 atom stereocenters. The van der Waals surface area contributed by atoms with Crippen LogP contribution in [0.2, 0.25) is 0 Å². The average Bonchev–Trinajstić information content (AvgIpc) is 3.31. The van der Waals surface area contributed by atoms with Crippen molar-refractivity contribution in [3.05, 3.63) is 34.3 Å². The van der Waals surface area contributed by atoms with E-state index in [2.05, 4.69) is 21.1 Å². The second-order valence-corrected chi connectivity index (χ2v) is 7.50. The molecule has 2 heterocycles. The van der Waals surface area contributed by atoms with E-state index in [1.165, 1.54) is 12.8 Å². The van der Waals surface area contributed by atoms with Crippen molar-refractivity contribution in [1.82, 2.24) is 14.6 Å². The monoisotopic (exact) mass is 369 g/mol. The number of carbonyl (C=O) groups excluding carboxylic acids is 1. The molecular weight excluding hydrogens is 342 g/mol. The number of aromatic nitrogens is 2. The molecule has 1 N–H and O–H groups in total. The van der Waals surface area contributed by atoms with Crippen molar-refractivity contribution in [1.29, 1.82) is 5.26 Å². The highest BCUT2D eigenvalue weighted by atomic mass is 16.5. The molecule has 144 valence electrons. The topological polar surface area (TPSA) is 87.1 Å². The molecule has 0 spiro atoms. The second kappa shape index (κ2) is 7.97. The van der Waals surface area contributed by atoms with E-state index in [4.69, 9.17) is 4.52 Å². The first-order valence-electron chi connectivity index (χ1n) is 9.42. The fourth-order valence-electron chi connectivity index (χ4n) is 3.95. The fraction of sp³-hybridized carbons (Fsp3) is 0.550. The summed E-state index contributed by atoms with van der Waals surface area (Å²) in [6.45, 7) is 6.56. The Hall–Kier alpha value is -2.59. The molecule has 1 aliphatic carbocycles. The molecule has 0 aliphatic heterocycles. The Morgan fingerprint density at radius 3 is 2.70 bits per heavy atom. The van der Waals surface area contributed by atoms with Gasteiger partial charge in [0.2, 0.25) is 5.91 Å². The predicted octanol–water partition coefficient (Wildman–Crippen LogP) is 3.46. The molecule has 1 saturated carbocycles. The van der Waals surface area contributed by atoms with Gasteiger partial charge in [0.25, 0.3) is 0 Å². The first kappa shape index (κ1) is 19.2. The first-order valence-corrected chi connectivity index (χ1v) is 9.42. The second-order valence-electron chi connectivity index (χ2n) is 7.50. The zero-order valence-corrected chi connectivity index (χ0v) is 16.5. The minimum atomic E-state index is -0.133. The van der Waals surface area contributed by atoms with Crippen LogP contribution in [0.4, 0.5) is 5.82 Å². The van der Waals surface area contributed by atoms with Crippen LogP contribution in [0.15, 0.2) is 10.6 Å². The van der Waals surface area contributed by atoms with Crippen LogP contribution in [-0.4, -0.2) is 34.1 Å². The lowest BCUT2D eigenvalue weighted by Crippen LogP contribution is -2.31. The summed E-state index contributed by atoms with van der Waals surface area (Å²) in [5.74, 6) is 1.27. The summed E-state index contributed by atoms with van der Waals surface area (Å²) >= 11 is 0. The number of nitrogens with zero attached hydrogens (tertiary/aromatic N) is 4. The Kier molecular flexibility index (Phi) is 5.66. The number of nitriles is 1. The lowest BCUT2D eigenvalue weighted by Gasteiger charge is -2.20. The Labute approximate surface area is 159 Å². The predicted molar refractivity (Wildman–Crippen MR) is 102 cm³/mol. The largest absolute Gasteiger partial charge is 0.361 e. The lowest BCUT2D eigenvalue weighted by molar-refractivity contribution is -0.117. The van der Waals surface area contributed by atoms with Crippen molar-refractivity contribution in [2.75, 3.05) is 18.9 Å². The van der Waals surface area contributed by atoms with Crippen molar-refractivity contribution >= 4 is 11.7 Å². The van der Waals surface area contributed by atoms with Crippen molar-refractivity contribution < 1.29 is 9.32 Å². The Bertz CT molecular complexity index is 868. The molecule has 1 amide bonds. The average molecular weight is 369 g/mol. The highest BCUT2D eigenvalue weighted by Gasteiger charge is 2.26. The van der Waals surface area contributed by atoms with Gasteiger partial charge in [0.05, 0.1) is 17.8 Å². The van der Waals surface area contributed by atoms with E-state index in [0.717, 1.165) is 35.6 Å². The Morgan fingerprint density at radius 2 is 2.11 bits per heavy atom. The van der Waals surface area contributed by atoms with Gasteiger partial charge in [-0.1, -0.05) is 18.0 Å². The standard InChI is InChI=1S/C20H27N5O2/c1-13-9-16(23-27-13)11-24(4)12-19(26)22-20-18(10-21)14(2)15(3)25(20)17-7-5-6-8-17/h9,17H,5-8,11-12H2,1-4H3,(H,22,26). The molecule has 0 saturated heterocycles. The van der Waals surface area contributed by atoms with Crippen LogP contribution in [0, 0.1) is 32.1 Å². The Balaban J connectivity index is 1.75. The van der Waals surface area contributed by atoms with Crippen LogP contribution in [0.3, 0.4) is 0 Å². The van der Waals surface area contributed by atoms with E-state index < -0.39 is 0 Å². The molecule has 0 radical (unpaired) electrons. The van der Waals surface area contributed by atoms with Crippen LogP contribution >= 0.6 is 0 Å². The fourth-order valence-corrected chi connectivity index (χ4v) is 3.95. The van der Waals surface area contributed by atoms with E-state index in [9.17, 15) is 10.1 Å². The van der Waals surface area contributed by atoms with Gasteiger partial charge in [0.1, 0.15) is 17.6 Å². The lowest BCUT2D eigenvalue weighted by atomic mass is 10.2. The zero-order chi connectivity index (χ0) is 19.6. The number of amides is 1. The minimum Gasteiger partial charge on any atom is -0.361 e. The van der Waals surface area contributed by atoms with Crippen molar-refractivity contribution in [2.45, 2.75) is 59.0 Å². The Morgan fingerprint density at radius 1 is 1.41 bits per heavy atom. The highest BCUT2D eigenvalue weighted by molar-refractivity contribution is 5.93. The number of aryl methyl sites for hydroxylation is 1. The summed E-state index contributed by atoms with van der Waals surface area (Å²) in [5.41, 5.74) is 3.38. The maximum atomic E-state index is 12.7. The summed E-state index contributed by atoms with van der Waals surface area (Å²) in [5, 5.41) is 16.6. The van der Waals surface area contributed by atoms with Gasteiger partial charge in [0.15, 0.2) is 0 Å². The third-order valence-corrected chi connectivity index (χ3v) is 5.34. The highest BCUT2D eigenvalue weighted by Crippen LogP contribution is 2.37. The van der Waals surface area contributed by atoms with Gasteiger partial charge in [-0.25, -0.2) is 0 Å². The van der Waals surface area contributed by atoms with Crippen LogP contribution in [0.5, 0.6) is 0 Å². The molecule has 1 aliphatic rings. The molecule has 3 rings (SSSR count). The van der Waals surface area contributed by atoms with E-state index in [-0.39, 0.29) is 12.5 Å². The molecule has 7 heteroatoms. The van der Waals surface area contributed by atoms with Gasteiger partial charge in [0, 0.05) is 24.3 Å². The maximum absolute atomic E-state index is 12.7. The van der Waals surface area contributed by atoms with Gasteiger partial charge >= 0.3 is 0 Å². The number of hydrogen-bond donors (Lipinski definition) is 1. The van der Waals surface area contributed by atoms with Crippen molar-refractivity contribution in [3.8, 4) is 6.07 Å². The van der Waals surface area contributed by atoms with Gasteiger partial charge in [-0.15, -0.1) is 0 Å². The normalized spacial score (nSPS) is 14.7. The number of carbonyl (C=O) groups is 1. The van der Waals surface area contributed by atoms with Crippen LogP contribution in [0.25, 0.3) is 0 Å². The number of anilines is 1. The first-order chi connectivity index (χ1) is 12.9. The summed E-state index contributed by atoms with van der Waals surface area (Å²) in [4.78, 5) is 14.5. The quantitative estimate of drug-likeness (QED) is 0.842. The van der Waals surface area contributed by atoms with Crippen LogP contribution in [-0.2, 0) is 11.3 Å². The zero-order valence-electron chi connectivity index (χ0n) is 16.5. The maximum Gasteiger partial charge on any atom is 0.239 e. The number of rotatable bonds is 6. The van der Waals surface area contributed by atoms with E-state index in [1.54, 1.807) is 0 Å². The van der Waals surface area contributed by atoms with Gasteiger partial charge in [-0.2, -0.15) is 5.26 Å². The molecule has 7 nitrogen and oxygen atoms in total. The molecule has 2 aromatic heterocycles. The molecule has 0 aromatic carbocycles. The summed E-state index contributed by atoms with van der Waals surface area (Å²) in [7, 11) is 1.86. The summed E-state index contributed by atoms with van der Waals surface area (Å²) < 4.78 is 7.23. The third-order valence-electron chi connectivity index (χ3n) is 5.34. The smallest absolute Gasteiger partial charge is 0.239 e. The molecule has 2 aromatic rings. The summed E-state index contributed by atoms with van der Waals surface area (Å²) in [6, 6.07) is 4.50. The SMILES string of the molecule is Cc1cc(CN(C)CC(=O)Nc2c(C#N)c(C)c(C)n2C2CCCC2)no1. The summed E-state index contributed by atoms with van der Waals surface area (Å²) in [6.07, 6.45) is 4.56. The molecule has 0 unspecified atom stereocenters. The number of likely N-dealkylation sites (N-methyl/N-ethyl adjacent to an activating group) is 1. The van der Waals surface area contributed by atoms with Gasteiger partial charge in [-0.05, 0) is 46.2 Å². The third kappa shape index (κ3) is 4.06. The van der Waals surface area contributed by atoms with E-state index in [1.807, 2.05) is 38.8 Å². The van der Waals surface area contributed by atoms with Gasteiger partial charge < -0.3 is 14.4 Å². The molecule has 0 bridgehead atoms. The van der Waals surface area contributed by atoms with Crippen LogP contribution < -0.4 is 5.32 Å². The van der Waals surface area contributed by atoms with Gasteiger partial charge in [-0.3, -0.25) is 9.69 Å². The minimum absolute atomic E-state index is 0.133. The number of hydrogen-bond acceptors (Lipinski definition) is 5. The number of nitrogens with one attached hydrogen (secondary N) is 1. The van der Waals surface area contributed by atoms with Crippen molar-refractivity contribution in [2.24, 2.45) is 0 Å². The van der Waals surface area contributed by atoms with E-state index in [0.29, 0.717) is 24.0 Å². The molecule has 1 fully saturated rings. The molecule has 27 heavy (non-hydrogen) atoms. The van der Waals surface area contributed by atoms with E-state index >= 15 is 0 Å².